The molecule has 5 atom stereocenters. The van der Waals surface area contributed by atoms with Crippen molar-refractivity contribution in [2.45, 2.75) is 63.8 Å². The van der Waals surface area contributed by atoms with Gasteiger partial charge < -0.3 is 37.8 Å². The van der Waals surface area contributed by atoms with Crippen molar-refractivity contribution < 1.29 is 45.7 Å². The zero-order valence-corrected chi connectivity index (χ0v) is 27.0. The summed E-state index contributed by atoms with van der Waals surface area (Å²) in [4.78, 5) is 41.4. The lowest BCUT2D eigenvalue weighted by molar-refractivity contribution is -0.132. The molecule has 4 N–H and O–H groups in total. The first-order valence-corrected chi connectivity index (χ1v) is 16.5. The minimum Gasteiger partial charge on any atom is -0.361 e. The number of nitriles is 1. The van der Waals surface area contributed by atoms with Crippen LogP contribution in [0.5, 0.6) is 0 Å². The van der Waals surface area contributed by atoms with E-state index in [9.17, 15) is 18.9 Å². The number of nitrogens with one attached hydrogen (secondary N) is 2. The number of nitrogens with zero attached hydrogens (tertiary/aromatic N) is 3. The quantitative estimate of drug-likeness (QED) is 0.141. The van der Waals surface area contributed by atoms with E-state index in [2.05, 4.69) is 10.3 Å². The topological polar surface area (TPSA) is 209 Å². The summed E-state index contributed by atoms with van der Waals surface area (Å²) in [5.41, 5.74) is 0.282. The maximum atomic E-state index is 15.7. The van der Waals surface area contributed by atoms with Gasteiger partial charge in [0.05, 0.1) is 44.8 Å². The highest BCUT2D eigenvalue weighted by Crippen LogP contribution is 2.64. The van der Waals surface area contributed by atoms with Crippen LogP contribution in [0.25, 0.3) is 0 Å². The van der Waals surface area contributed by atoms with Gasteiger partial charge in [0.15, 0.2) is 6.23 Å². The lowest BCUT2D eigenvalue weighted by Crippen LogP contribution is -2.43. The van der Waals surface area contributed by atoms with Crippen molar-refractivity contribution in [2.75, 3.05) is 53.6 Å². The smallest absolute Gasteiger partial charge is 0.361 e. The molecule has 1 aromatic rings. The number of hydrogen-bond acceptors (Lipinski definition) is 13. The van der Waals surface area contributed by atoms with Crippen LogP contribution in [0.4, 0.5) is 8.78 Å². The van der Waals surface area contributed by atoms with Crippen molar-refractivity contribution in [3.8, 4) is 6.07 Å². The number of hydrogen-bond donors (Lipinski definition) is 3. The summed E-state index contributed by atoms with van der Waals surface area (Å²) >= 11 is 0. The number of amides is 1. The van der Waals surface area contributed by atoms with Crippen LogP contribution in [0, 0.1) is 18.3 Å². The van der Waals surface area contributed by atoms with Crippen LogP contribution < -0.4 is 22.1 Å². The zero-order chi connectivity index (χ0) is 33.1. The molecule has 16 nitrogen and oxygen atoms in total. The van der Waals surface area contributed by atoms with Crippen molar-refractivity contribution in [1.29, 1.82) is 5.26 Å². The van der Waals surface area contributed by atoms with Crippen molar-refractivity contribution in [2.24, 2.45) is 5.50 Å². The largest absolute Gasteiger partial charge is 0.399 e. The van der Waals surface area contributed by atoms with Gasteiger partial charge in [0.1, 0.15) is 18.8 Å². The summed E-state index contributed by atoms with van der Waals surface area (Å²) in [5, 5.41) is 11.4. The molecule has 2 rings (SSSR count). The predicted molar refractivity (Wildman–Crippen MR) is 154 cm³/mol. The van der Waals surface area contributed by atoms with Gasteiger partial charge in [0, 0.05) is 24.8 Å². The molecule has 0 radical (unpaired) electrons. The molecule has 0 aliphatic carbocycles. The number of likely N-dealkylation sites (N-methyl/N-ethyl adjacent to an activating group) is 1. The first kappa shape index (κ1) is 38.0. The monoisotopic (exact) mass is 672 g/mol. The maximum absolute atomic E-state index is 15.7. The number of H-pyrrole nitrogens is 1. The third kappa shape index (κ3) is 10.4. The predicted octanol–water partition coefficient (Wildman–Crippen LogP) is 1.56. The summed E-state index contributed by atoms with van der Waals surface area (Å²) < 4.78 is 77.9. The average Bonchev–Trinajstić information content (AvgIpc) is 3.25. The number of aromatic nitrogens is 2. The molecule has 0 spiro atoms. The van der Waals surface area contributed by atoms with Gasteiger partial charge in [0.2, 0.25) is 5.91 Å². The Morgan fingerprint density at radius 2 is 1.95 bits per heavy atom. The molecule has 1 aliphatic rings. The van der Waals surface area contributed by atoms with Gasteiger partial charge in [-0.05, 0) is 34.9 Å². The standard InChI is InChI=1S/C24H40F2N6O10P2/c1-6-39-44(36,40-7-2)24(25,26)13-17-19(42-43(28)38-12-8-9-27)20(37-15-18(33)29-10-11-31(4)5)22(41-17)32-14-16(3)21(34)30-23(32)35/h14,17,19-20,22H,6-8,10-13,15,28H2,1-5H3,(H,29,33)(H,30,34,35)/t17-,19-,20-,22-,43?/m1/s1. The van der Waals surface area contributed by atoms with E-state index in [0.717, 1.165) is 10.8 Å². The molecule has 1 fully saturated rings. The Bertz CT molecular complexity index is 1280. The van der Waals surface area contributed by atoms with Gasteiger partial charge in [-0.25, -0.2) is 4.79 Å². The lowest BCUT2D eigenvalue weighted by atomic mass is 10.1. The normalized spacial score (nSPS) is 21.4. The van der Waals surface area contributed by atoms with E-state index >= 15 is 8.78 Å². The van der Waals surface area contributed by atoms with E-state index in [-0.39, 0.29) is 38.3 Å². The van der Waals surface area contributed by atoms with Gasteiger partial charge >= 0.3 is 18.9 Å². The summed E-state index contributed by atoms with van der Waals surface area (Å²) in [6.07, 6.45) is -6.41. The molecular weight excluding hydrogens is 632 g/mol. The molecule has 250 valence electrons. The van der Waals surface area contributed by atoms with Gasteiger partial charge in [-0.2, -0.15) is 14.0 Å². The average molecular weight is 673 g/mol. The summed E-state index contributed by atoms with van der Waals surface area (Å²) in [5.74, 6) is -0.569. The number of aryl methyl sites for hydroxylation is 1. The van der Waals surface area contributed by atoms with Crippen LogP contribution in [0.1, 0.15) is 38.5 Å². The number of carbonyl (C=O) groups excluding carboxylic acids is 1. The Hall–Kier alpha value is -2.16. The fourth-order valence-electron chi connectivity index (χ4n) is 4.07. The molecule has 20 heteroatoms. The highest BCUT2D eigenvalue weighted by Gasteiger charge is 2.59. The summed E-state index contributed by atoms with van der Waals surface area (Å²) in [7, 11) is -3.74. The second kappa shape index (κ2) is 17.5. The molecule has 0 saturated carbocycles. The highest BCUT2D eigenvalue weighted by atomic mass is 31.2. The van der Waals surface area contributed by atoms with Crippen LogP contribution in [0.3, 0.4) is 0 Å². The van der Waals surface area contributed by atoms with Crippen molar-refractivity contribution in [3.63, 3.8) is 0 Å². The van der Waals surface area contributed by atoms with Crippen LogP contribution >= 0.6 is 16.1 Å². The van der Waals surface area contributed by atoms with Gasteiger partial charge in [-0.15, -0.1) is 0 Å². The second-order valence-electron chi connectivity index (χ2n) is 9.77. The molecular formula is C24H40F2N6O10P2. The van der Waals surface area contributed by atoms with E-state index < -0.39 is 76.5 Å². The van der Waals surface area contributed by atoms with Crippen molar-refractivity contribution in [1.82, 2.24) is 19.8 Å². The Balaban J connectivity index is 2.53. The van der Waals surface area contributed by atoms with Gasteiger partial charge in [0.25, 0.3) is 14.1 Å². The molecule has 1 aromatic heterocycles. The molecule has 2 heterocycles. The van der Waals surface area contributed by atoms with E-state index in [1.54, 1.807) is 0 Å². The molecule has 1 aliphatic heterocycles. The Morgan fingerprint density at radius 1 is 1.30 bits per heavy atom. The second-order valence-corrected chi connectivity index (χ2v) is 13.0. The van der Waals surface area contributed by atoms with E-state index in [1.807, 2.05) is 25.1 Å². The first-order chi connectivity index (χ1) is 20.7. The summed E-state index contributed by atoms with van der Waals surface area (Å²) in [6.45, 7) is 3.50. The Kier molecular flexibility index (Phi) is 15.1. The number of aromatic amines is 1. The molecule has 1 amide bonds. The van der Waals surface area contributed by atoms with Gasteiger partial charge in [-0.3, -0.25) is 29.2 Å². The van der Waals surface area contributed by atoms with Crippen molar-refractivity contribution in [3.05, 3.63) is 32.6 Å². The zero-order valence-electron chi connectivity index (χ0n) is 25.2. The minimum atomic E-state index is -5.03. The molecule has 0 bridgehead atoms. The fourth-order valence-corrected chi connectivity index (χ4v) is 6.43. The number of alkyl halides is 2. The lowest BCUT2D eigenvalue weighted by Gasteiger charge is -2.30. The van der Waals surface area contributed by atoms with E-state index in [4.69, 9.17) is 38.3 Å². The first-order valence-electron chi connectivity index (χ1n) is 13.7. The number of ether oxygens (including phenoxy) is 2. The van der Waals surface area contributed by atoms with Crippen LogP contribution in [-0.4, -0.2) is 97.9 Å². The Labute approximate surface area is 254 Å². The highest BCUT2D eigenvalue weighted by molar-refractivity contribution is 7.55. The van der Waals surface area contributed by atoms with Crippen LogP contribution in [-0.2, 0) is 36.9 Å². The van der Waals surface area contributed by atoms with Gasteiger partial charge in [-0.1, -0.05) is 0 Å². The number of rotatable bonds is 19. The van der Waals surface area contributed by atoms with Crippen LogP contribution in [0.2, 0.25) is 0 Å². The van der Waals surface area contributed by atoms with Crippen molar-refractivity contribution >= 4 is 22.0 Å². The van der Waals surface area contributed by atoms with E-state index in [0.29, 0.717) is 6.54 Å². The minimum absolute atomic E-state index is 0.0460. The molecule has 0 aromatic carbocycles. The molecule has 44 heavy (non-hydrogen) atoms. The summed E-state index contributed by atoms with van der Waals surface area (Å²) in [6, 6.07) is 1.86. The van der Waals surface area contributed by atoms with E-state index in [1.165, 1.54) is 20.8 Å². The third-order valence-corrected chi connectivity index (χ3v) is 9.17. The fraction of sp³-hybridized carbons (Fsp3) is 0.750. The number of carbonyl (C=O) groups is 1. The molecule has 1 unspecified atom stereocenters. The third-order valence-electron chi connectivity index (χ3n) is 6.10. The molecule has 1 saturated heterocycles. The Morgan fingerprint density at radius 3 is 2.55 bits per heavy atom. The SMILES string of the molecule is CCOP(=O)(OCC)C(F)(F)C[C@H]1O[C@@H](n2cc(C)c(=O)[nH]c2=O)[C@H](OCC(=O)NCCN(C)C)[C@@H]1OP(N)OCCC#N. The number of halogens is 2. The maximum Gasteiger partial charge on any atom is 0.399 e. The number of nitrogens with two attached hydrogens (primary N) is 1. The van der Waals surface area contributed by atoms with Crippen LogP contribution in [0.15, 0.2) is 15.8 Å².